The fourth-order valence-electron chi connectivity index (χ4n) is 3.63. The standard InChI is InChI=1S/C18H36N2O.C2H6/c1-3-5-10-20-13-8-18(9-14-20)16-21-15-17-6-11-19(4-2)12-7-17;1-2/h17-18H,3-16H2,1-2H3;1-2H3. The summed E-state index contributed by atoms with van der Waals surface area (Å²) in [5.41, 5.74) is 0. The Bertz CT molecular complexity index is 256. The van der Waals surface area contributed by atoms with Gasteiger partial charge in [0.1, 0.15) is 0 Å². The van der Waals surface area contributed by atoms with Crippen molar-refractivity contribution >= 4 is 0 Å². The van der Waals surface area contributed by atoms with Crippen molar-refractivity contribution < 1.29 is 4.74 Å². The average Bonchev–Trinajstić information content (AvgIpc) is 2.63. The van der Waals surface area contributed by atoms with Crippen LogP contribution in [0.3, 0.4) is 0 Å². The molecule has 0 aliphatic carbocycles. The van der Waals surface area contributed by atoms with E-state index < -0.39 is 0 Å². The fourth-order valence-corrected chi connectivity index (χ4v) is 3.63. The maximum Gasteiger partial charge on any atom is 0.0495 e. The lowest BCUT2D eigenvalue weighted by Crippen LogP contribution is -2.37. The van der Waals surface area contributed by atoms with Crippen molar-refractivity contribution in [1.82, 2.24) is 9.80 Å². The molecule has 0 unspecified atom stereocenters. The minimum atomic E-state index is 0.817. The van der Waals surface area contributed by atoms with Crippen LogP contribution in [-0.2, 0) is 4.74 Å². The highest BCUT2D eigenvalue weighted by Gasteiger charge is 2.21. The summed E-state index contributed by atoms with van der Waals surface area (Å²) in [5.74, 6) is 1.64. The first-order valence-corrected chi connectivity index (χ1v) is 10.3. The Morgan fingerprint density at radius 3 is 1.70 bits per heavy atom. The topological polar surface area (TPSA) is 15.7 Å². The van der Waals surface area contributed by atoms with Crippen LogP contribution in [0, 0.1) is 11.8 Å². The van der Waals surface area contributed by atoms with E-state index in [1.54, 1.807) is 0 Å². The van der Waals surface area contributed by atoms with Gasteiger partial charge in [0.2, 0.25) is 0 Å². The van der Waals surface area contributed by atoms with Gasteiger partial charge in [-0.25, -0.2) is 0 Å². The van der Waals surface area contributed by atoms with E-state index in [2.05, 4.69) is 23.6 Å². The van der Waals surface area contributed by atoms with Gasteiger partial charge in [-0.3, -0.25) is 0 Å². The van der Waals surface area contributed by atoms with Gasteiger partial charge in [-0.2, -0.15) is 0 Å². The molecular weight excluding hydrogens is 284 g/mol. The van der Waals surface area contributed by atoms with Crippen molar-refractivity contribution in [3.05, 3.63) is 0 Å². The van der Waals surface area contributed by atoms with Gasteiger partial charge in [0.15, 0.2) is 0 Å². The van der Waals surface area contributed by atoms with Crippen molar-refractivity contribution in [1.29, 1.82) is 0 Å². The molecule has 23 heavy (non-hydrogen) atoms. The second-order valence-electron chi connectivity index (χ2n) is 7.05. The second kappa shape index (κ2) is 13.2. The number of hydrogen-bond donors (Lipinski definition) is 0. The quantitative estimate of drug-likeness (QED) is 0.662. The normalized spacial score (nSPS) is 21.9. The molecule has 0 radical (unpaired) electrons. The Kier molecular flexibility index (Phi) is 12.0. The number of unbranched alkanes of at least 4 members (excludes halogenated alkanes) is 1. The number of ether oxygens (including phenoxy) is 1. The predicted molar refractivity (Wildman–Crippen MR) is 101 cm³/mol. The van der Waals surface area contributed by atoms with Gasteiger partial charge in [0.25, 0.3) is 0 Å². The zero-order valence-electron chi connectivity index (χ0n) is 16.4. The molecule has 2 saturated heterocycles. The second-order valence-corrected chi connectivity index (χ2v) is 7.05. The van der Waals surface area contributed by atoms with Crippen LogP contribution in [0.15, 0.2) is 0 Å². The summed E-state index contributed by atoms with van der Waals surface area (Å²) in [5, 5.41) is 0. The van der Waals surface area contributed by atoms with Gasteiger partial charge < -0.3 is 14.5 Å². The Labute approximate surface area is 145 Å². The Morgan fingerprint density at radius 2 is 1.26 bits per heavy atom. The van der Waals surface area contributed by atoms with Crippen molar-refractivity contribution in [2.75, 3.05) is 52.5 Å². The lowest BCUT2D eigenvalue weighted by atomic mass is 9.96. The summed E-state index contributed by atoms with van der Waals surface area (Å²) >= 11 is 0. The van der Waals surface area contributed by atoms with E-state index in [1.807, 2.05) is 13.8 Å². The largest absolute Gasteiger partial charge is 0.381 e. The van der Waals surface area contributed by atoms with Crippen LogP contribution in [-0.4, -0.2) is 62.3 Å². The van der Waals surface area contributed by atoms with Crippen LogP contribution < -0.4 is 0 Å². The summed E-state index contributed by atoms with van der Waals surface area (Å²) in [6.07, 6.45) is 8.04. The van der Waals surface area contributed by atoms with E-state index in [1.165, 1.54) is 77.8 Å². The van der Waals surface area contributed by atoms with Gasteiger partial charge in [-0.15, -0.1) is 0 Å². The smallest absolute Gasteiger partial charge is 0.0495 e. The number of rotatable bonds is 8. The molecule has 2 aliphatic heterocycles. The van der Waals surface area contributed by atoms with E-state index >= 15 is 0 Å². The van der Waals surface area contributed by atoms with Crippen LogP contribution in [0.25, 0.3) is 0 Å². The number of hydrogen-bond acceptors (Lipinski definition) is 3. The molecule has 0 aromatic carbocycles. The van der Waals surface area contributed by atoms with Crippen molar-refractivity contribution in [2.45, 2.75) is 66.2 Å². The highest BCUT2D eigenvalue weighted by Crippen LogP contribution is 2.20. The van der Waals surface area contributed by atoms with Crippen LogP contribution in [0.5, 0.6) is 0 Å². The molecule has 0 spiro atoms. The Morgan fingerprint density at radius 1 is 0.783 bits per heavy atom. The maximum atomic E-state index is 6.06. The summed E-state index contributed by atoms with van der Waals surface area (Å²) in [4.78, 5) is 5.20. The van der Waals surface area contributed by atoms with E-state index in [4.69, 9.17) is 4.74 Å². The molecule has 0 aromatic rings. The summed E-state index contributed by atoms with van der Waals surface area (Å²) in [7, 11) is 0. The van der Waals surface area contributed by atoms with Gasteiger partial charge in [-0.1, -0.05) is 34.1 Å². The van der Waals surface area contributed by atoms with Crippen LogP contribution in [0.1, 0.15) is 66.2 Å². The van der Waals surface area contributed by atoms with Crippen LogP contribution in [0.4, 0.5) is 0 Å². The van der Waals surface area contributed by atoms with Crippen LogP contribution >= 0.6 is 0 Å². The van der Waals surface area contributed by atoms with Gasteiger partial charge in [0, 0.05) is 13.2 Å². The number of likely N-dealkylation sites (tertiary alicyclic amines) is 2. The molecule has 2 rings (SSSR count). The van der Waals surface area contributed by atoms with Crippen molar-refractivity contribution in [3.63, 3.8) is 0 Å². The molecule has 138 valence electrons. The Balaban J connectivity index is 0.00000127. The highest BCUT2D eigenvalue weighted by molar-refractivity contribution is 4.74. The highest BCUT2D eigenvalue weighted by atomic mass is 16.5. The molecule has 0 N–H and O–H groups in total. The van der Waals surface area contributed by atoms with Gasteiger partial charge >= 0.3 is 0 Å². The maximum absolute atomic E-state index is 6.06. The molecule has 2 fully saturated rings. The first-order chi connectivity index (χ1) is 11.3. The molecule has 0 bridgehead atoms. The first kappa shape index (κ1) is 20.9. The average molecular weight is 327 g/mol. The molecule has 0 amide bonds. The Hall–Kier alpha value is -0.120. The fraction of sp³-hybridized carbons (Fsp3) is 1.00. The van der Waals surface area contributed by atoms with Crippen LogP contribution in [0.2, 0.25) is 0 Å². The molecule has 0 atom stereocenters. The predicted octanol–water partition coefficient (Wildman–Crippen LogP) is 4.27. The van der Waals surface area contributed by atoms with Gasteiger partial charge in [-0.05, 0) is 83.2 Å². The zero-order valence-corrected chi connectivity index (χ0v) is 16.4. The molecule has 2 heterocycles. The monoisotopic (exact) mass is 326 g/mol. The minimum absolute atomic E-state index is 0.817. The third-order valence-electron chi connectivity index (χ3n) is 5.40. The molecule has 0 aromatic heterocycles. The van der Waals surface area contributed by atoms with E-state index in [0.29, 0.717) is 0 Å². The third kappa shape index (κ3) is 8.51. The lowest BCUT2D eigenvalue weighted by Gasteiger charge is -2.33. The van der Waals surface area contributed by atoms with Gasteiger partial charge in [0.05, 0.1) is 0 Å². The molecule has 0 saturated carbocycles. The van der Waals surface area contributed by atoms with E-state index in [9.17, 15) is 0 Å². The summed E-state index contributed by atoms with van der Waals surface area (Å²) < 4.78 is 6.06. The van der Waals surface area contributed by atoms with Crippen molar-refractivity contribution in [2.24, 2.45) is 11.8 Å². The summed E-state index contributed by atoms with van der Waals surface area (Å²) in [6.45, 7) is 18.2. The molecule has 3 nitrogen and oxygen atoms in total. The van der Waals surface area contributed by atoms with E-state index in [0.717, 1.165) is 25.0 Å². The lowest BCUT2D eigenvalue weighted by molar-refractivity contribution is 0.0315. The third-order valence-corrected chi connectivity index (χ3v) is 5.40. The molecule has 3 heteroatoms. The molecular formula is C20H42N2O. The number of piperidine rings is 2. The molecule has 2 aliphatic rings. The number of nitrogens with zero attached hydrogens (tertiary/aromatic N) is 2. The first-order valence-electron chi connectivity index (χ1n) is 10.3. The zero-order chi connectivity index (χ0) is 16.9. The van der Waals surface area contributed by atoms with Crippen molar-refractivity contribution in [3.8, 4) is 0 Å². The van der Waals surface area contributed by atoms with E-state index in [-0.39, 0.29) is 0 Å². The SMILES string of the molecule is CC.CCCCN1CCC(COCC2CCN(CC)CC2)CC1. The summed E-state index contributed by atoms with van der Waals surface area (Å²) in [6, 6.07) is 0. The minimum Gasteiger partial charge on any atom is -0.381 e.